The van der Waals surface area contributed by atoms with Crippen molar-refractivity contribution in [2.75, 3.05) is 0 Å². The highest BCUT2D eigenvalue weighted by molar-refractivity contribution is 9.10. The van der Waals surface area contributed by atoms with E-state index in [1.165, 1.54) is 37.3 Å². The number of halogens is 2. The molecule has 1 aliphatic carbocycles. The Balaban J connectivity index is 1.45. The molecule has 0 N–H and O–H groups in total. The minimum Gasteiger partial charge on any atom is -0.236 e. The van der Waals surface area contributed by atoms with Crippen molar-refractivity contribution in [3.8, 4) is 22.5 Å². The molecule has 0 atom stereocenters. The molecule has 1 heterocycles. The van der Waals surface area contributed by atoms with Crippen molar-refractivity contribution < 1.29 is 4.39 Å². The summed E-state index contributed by atoms with van der Waals surface area (Å²) in [5, 5.41) is 0. The summed E-state index contributed by atoms with van der Waals surface area (Å²) in [5.74, 6) is 1.69. The summed E-state index contributed by atoms with van der Waals surface area (Å²) >= 11 is 3.17. The van der Waals surface area contributed by atoms with Gasteiger partial charge in [0.25, 0.3) is 0 Å². The maximum Gasteiger partial charge on any atom is 0.159 e. The molecule has 148 valence electrons. The first-order valence-electron chi connectivity index (χ1n) is 10.1. The van der Waals surface area contributed by atoms with Crippen molar-refractivity contribution in [1.29, 1.82) is 0 Å². The van der Waals surface area contributed by atoms with E-state index in [1.807, 2.05) is 0 Å². The van der Waals surface area contributed by atoms with Crippen LogP contribution in [0.1, 0.15) is 43.6 Å². The van der Waals surface area contributed by atoms with Gasteiger partial charge in [-0.3, -0.25) is 0 Å². The maximum atomic E-state index is 13.8. The minimum absolute atomic E-state index is 0.315. The normalized spacial score (nSPS) is 19.1. The van der Waals surface area contributed by atoms with Crippen LogP contribution >= 0.6 is 15.9 Å². The lowest BCUT2D eigenvalue weighted by Crippen LogP contribution is -2.12. The summed E-state index contributed by atoms with van der Waals surface area (Å²) in [5.41, 5.74) is 4.16. The molecule has 3 aromatic rings. The fraction of sp³-hybridized carbons (Fsp3) is 0.280. The number of allylic oxidation sites excluding steroid dienone is 1. The Morgan fingerprint density at radius 1 is 0.931 bits per heavy atom. The SMILES string of the molecule is C=CCC1CCC(c2ccc(-c3cnc(-c4ccc(Br)c(F)c4)nc3)cc2)CC1. The number of hydrogen-bond donors (Lipinski definition) is 0. The van der Waals surface area contributed by atoms with E-state index in [0.717, 1.165) is 23.5 Å². The summed E-state index contributed by atoms with van der Waals surface area (Å²) < 4.78 is 14.2. The lowest BCUT2D eigenvalue weighted by molar-refractivity contribution is 0.328. The molecule has 0 spiro atoms. The van der Waals surface area contributed by atoms with Crippen molar-refractivity contribution >= 4 is 15.9 Å². The molecule has 4 heteroatoms. The lowest BCUT2D eigenvalue weighted by Gasteiger charge is -2.28. The van der Waals surface area contributed by atoms with Gasteiger partial charge in [-0.15, -0.1) is 6.58 Å². The molecule has 0 unspecified atom stereocenters. The van der Waals surface area contributed by atoms with Crippen LogP contribution in [0, 0.1) is 11.7 Å². The Morgan fingerprint density at radius 2 is 1.59 bits per heavy atom. The topological polar surface area (TPSA) is 25.8 Å². The Hall–Kier alpha value is -2.33. The third-order valence-electron chi connectivity index (χ3n) is 5.89. The van der Waals surface area contributed by atoms with E-state index in [4.69, 9.17) is 0 Å². The van der Waals surface area contributed by atoms with Crippen LogP contribution in [0.15, 0.2) is 72.0 Å². The molecule has 2 nitrogen and oxygen atoms in total. The van der Waals surface area contributed by atoms with Gasteiger partial charge in [0, 0.05) is 23.5 Å². The summed E-state index contributed by atoms with van der Waals surface area (Å²) in [6.45, 7) is 3.87. The third-order valence-corrected chi connectivity index (χ3v) is 6.53. The molecule has 4 rings (SSSR count). The van der Waals surface area contributed by atoms with Crippen LogP contribution in [0.2, 0.25) is 0 Å². The Labute approximate surface area is 180 Å². The first-order valence-corrected chi connectivity index (χ1v) is 10.9. The number of benzene rings is 2. The van der Waals surface area contributed by atoms with Gasteiger partial charge in [0.15, 0.2) is 5.82 Å². The van der Waals surface area contributed by atoms with Crippen molar-refractivity contribution in [2.24, 2.45) is 5.92 Å². The van der Waals surface area contributed by atoms with Crippen LogP contribution in [0.25, 0.3) is 22.5 Å². The van der Waals surface area contributed by atoms with Crippen molar-refractivity contribution in [3.63, 3.8) is 0 Å². The fourth-order valence-corrected chi connectivity index (χ4v) is 4.42. The van der Waals surface area contributed by atoms with Crippen molar-refractivity contribution in [2.45, 2.75) is 38.0 Å². The molecule has 0 saturated heterocycles. The van der Waals surface area contributed by atoms with Gasteiger partial charge in [0.05, 0.1) is 4.47 Å². The summed E-state index contributed by atoms with van der Waals surface area (Å²) in [6.07, 6.45) is 11.9. The van der Waals surface area contributed by atoms with Crippen molar-refractivity contribution in [3.05, 3.63) is 83.4 Å². The summed E-state index contributed by atoms with van der Waals surface area (Å²) in [7, 11) is 0. The molecular weight excluding hydrogens is 427 g/mol. The minimum atomic E-state index is -0.315. The predicted octanol–water partition coefficient (Wildman–Crippen LogP) is 7.56. The van der Waals surface area contributed by atoms with Gasteiger partial charge < -0.3 is 0 Å². The van der Waals surface area contributed by atoms with Gasteiger partial charge in [-0.25, -0.2) is 14.4 Å². The van der Waals surface area contributed by atoms with E-state index in [0.29, 0.717) is 21.8 Å². The Kier molecular flexibility index (Phi) is 6.19. The first kappa shape index (κ1) is 20.0. The largest absolute Gasteiger partial charge is 0.236 e. The van der Waals surface area contributed by atoms with Gasteiger partial charge in [-0.2, -0.15) is 0 Å². The number of aromatic nitrogens is 2. The summed E-state index contributed by atoms with van der Waals surface area (Å²) in [6, 6.07) is 13.7. The molecule has 29 heavy (non-hydrogen) atoms. The lowest BCUT2D eigenvalue weighted by atomic mass is 9.77. The Bertz CT molecular complexity index is 975. The summed E-state index contributed by atoms with van der Waals surface area (Å²) in [4.78, 5) is 8.87. The molecule has 1 aromatic heterocycles. The van der Waals surface area contributed by atoms with Crippen LogP contribution in [0.4, 0.5) is 4.39 Å². The second-order valence-electron chi connectivity index (χ2n) is 7.79. The molecule has 0 aliphatic heterocycles. The average Bonchev–Trinajstić information content (AvgIpc) is 2.77. The van der Waals surface area contributed by atoms with E-state index in [9.17, 15) is 4.39 Å². The third kappa shape index (κ3) is 4.64. The van der Waals surface area contributed by atoms with E-state index < -0.39 is 0 Å². The molecule has 1 fully saturated rings. The number of hydrogen-bond acceptors (Lipinski definition) is 2. The predicted molar refractivity (Wildman–Crippen MR) is 120 cm³/mol. The Morgan fingerprint density at radius 3 is 2.21 bits per heavy atom. The van der Waals surface area contributed by atoms with E-state index in [1.54, 1.807) is 24.5 Å². The first-order chi connectivity index (χ1) is 14.1. The van der Waals surface area contributed by atoms with Crippen LogP contribution in [-0.2, 0) is 0 Å². The molecule has 0 bridgehead atoms. The molecule has 1 saturated carbocycles. The number of nitrogens with zero attached hydrogens (tertiary/aromatic N) is 2. The van der Waals surface area contributed by atoms with E-state index in [2.05, 4.69) is 62.8 Å². The average molecular weight is 451 g/mol. The van der Waals surface area contributed by atoms with Crippen LogP contribution in [0.3, 0.4) is 0 Å². The van der Waals surface area contributed by atoms with Gasteiger partial charge in [0.1, 0.15) is 5.82 Å². The van der Waals surface area contributed by atoms with Gasteiger partial charge in [-0.05, 0) is 89.2 Å². The quantitative estimate of drug-likeness (QED) is 0.374. The van der Waals surface area contributed by atoms with E-state index >= 15 is 0 Å². The van der Waals surface area contributed by atoms with E-state index in [-0.39, 0.29) is 5.82 Å². The number of rotatable bonds is 5. The van der Waals surface area contributed by atoms with Crippen molar-refractivity contribution in [1.82, 2.24) is 9.97 Å². The second kappa shape index (κ2) is 9.00. The highest BCUT2D eigenvalue weighted by Gasteiger charge is 2.21. The molecule has 0 radical (unpaired) electrons. The zero-order chi connectivity index (χ0) is 20.2. The van der Waals surface area contributed by atoms with Crippen LogP contribution in [0.5, 0.6) is 0 Å². The highest BCUT2D eigenvalue weighted by Crippen LogP contribution is 2.37. The fourth-order valence-electron chi connectivity index (χ4n) is 4.18. The monoisotopic (exact) mass is 450 g/mol. The maximum absolute atomic E-state index is 13.8. The van der Waals surface area contributed by atoms with Gasteiger partial charge in [-0.1, -0.05) is 30.3 Å². The second-order valence-corrected chi connectivity index (χ2v) is 8.64. The standard InChI is InChI=1S/C25H24BrFN2/c1-2-3-17-4-6-18(7-5-17)19-8-10-20(11-9-19)22-15-28-25(29-16-22)21-12-13-23(26)24(27)14-21/h2,8-18H,1,3-7H2. The smallest absolute Gasteiger partial charge is 0.159 e. The molecule has 2 aromatic carbocycles. The van der Waals surface area contributed by atoms with Crippen LogP contribution < -0.4 is 0 Å². The molecule has 0 amide bonds. The zero-order valence-electron chi connectivity index (χ0n) is 16.3. The molecule has 1 aliphatic rings. The van der Waals surface area contributed by atoms with Crippen LogP contribution in [-0.4, -0.2) is 9.97 Å². The highest BCUT2D eigenvalue weighted by atomic mass is 79.9. The zero-order valence-corrected chi connectivity index (χ0v) is 17.9. The van der Waals surface area contributed by atoms with Gasteiger partial charge >= 0.3 is 0 Å². The molecular formula is C25H24BrFN2. The van der Waals surface area contributed by atoms with Gasteiger partial charge in [0.2, 0.25) is 0 Å².